The molecule has 3 aromatic rings. The molecule has 1 N–H and O–H groups in total. The molecule has 0 fully saturated rings. The minimum atomic E-state index is -1.40. The summed E-state index contributed by atoms with van der Waals surface area (Å²) in [4.78, 5) is 26.4. The number of rotatable bonds is 6. The van der Waals surface area contributed by atoms with Crippen LogP contribution in [0.25, 0.3) is 0 Å². The third-order valence-corrected chi connectivity index (χ3v) is 5.15. The van der Waals surface area contributed by atoms with Gasteiger partial charge in [-0.15, -0.1) is 0 Å². The van der Waals surface area contributed by atoms with Crippen LogP contribution in [0.1, 0.15) is 40.1 Å². The molecule has 0 aliphatic heterocycles. The fourth-order valence-electron chi connectivity index (χ4n) is 2.61. The first kappa shape index (κ1) is 20.0. The molecule has 0 aliphatic rings. The van der Waals surface area contributed by atoms with E-state index in [2.05, 4.69) is 0 Å². The van der Waals surface area contributed by atoms with Crippen molar-refractivity contribution in [3.63, 3.8) is 0 Å². The predicted molar refractivity (Wildman–Crippen MR) is 107 cm³/mol. The van der Waals surface area contributed by atoms with Crippen LogP contribution >= 0.6 is 11.8 Å². The third-order valence-electron chi connectivity index (χ3n) is 4.13. The molecule has 5 heteroatoms. The maximum absolute atomic E-state index is 13.0. The minimum absolute atomic E-state index is 0.161. The van der Waals surface area contributed by atoms with E-state index in [1.165, 1.54) is 49.9 Å². The van der Waals surface area contributed by atoms with Crippen LogP contribution in [0.3, 0.4) is 0 Å². The molecule has 0 unspecified atom stereocenters. The molecule has 3 nitrogen and oxygen atoms in total. The number of hydrogen-bond donors (Lipinski definition) is 1. The number of carbonyl (C=O) groups is 2. The van der Waals surface area contributed by atoms with Gasteiger partial charge in [0.25, 0.3) is 0 Å². The Labute approximate surface area is 167 Å². The Balaban J connectivity index is 1.70. The lowest BCUT2D eigenvalue weighted by atomic mass is 9.97. The van der Waals surface area contributed by atoms with Gasteiger partial charge in [0, 0.05) is 26.5 Å². The van der Waals surface area contributed by atoms with Crippen LogP contribution in [-0.2, 0) is 0 Å². The number of ketones is 2. The Morgan fingerprint density at radius 1 is 0.750 bits per heavy atom. The zero-order valence-electron chi connectivity index (χ0n) is 15.5. The molecule has 0 aliphatic carbocycles. The Morgan fingerprint density at radius 3 is 1.57 bits per heavy atom. The van der Waals surface area contributed by atoms with Crippen LogP contribution in [-0.4, -0.2) is 22.3 Å². The summed E-state index contributed by atoms with van der Waals surface area (Å²) in [5.74, 6) is -0.864. The first-order valence-corrected chi connectivity index (χ1v) is 9.51. The van der Waals surface area contributed by atoms with E-state index in [1.54, 1.807) is 24.3 Å². The lowest BCUT2D eigenvalue weighted by Gasteiger charge is -2.15. The van der Waals surface area contributed by atoms with E-state index in [0.29, 0.717) is 16.7 Å². The topological polar surface area (TPSA) is 54.4 Å². The summed E-state index contributed by atoms with van der Waals surface area (Å²) in [5.41, 5.74) is 0.0229. The van der Waals surface area contributed by atoms with Crippen molar-refractivity contribution >= 4 is 23.3 Å². The molecule has 0 saturated carbocycles. The highest BCUT2D eigenvalue weighted by Gasteiger charge is 2.24. The maximum Gasteiger partial charge on any atom is 0.193 e. The zero-order chi connectivity index (χ0) is 20.3. The van der Waals surface area contributed by atoms with Crippen molar-refractivity contribution in [2.75, 3.05) is 0 Å². The van der Waals surface area contributed by atoms with Gasteiger partial charge in [-0.3, -0.25) is 9.59 Å². The van der Waals surface area contributed by atoms with E-state index in [0.717, 1.165) is 9.79 Å². The van der Waals surface area contributed by atoms with Crippen molar-refractivity contribution in [2.45, 2.75) is 29.2 Å². The van der Waals surface area contributed by atoms with Gasteiger partial charge in [0.2, 0.25) is 0 Å². The van der Waals surface area contributed by atoms with Crippen LogP contribution in [0.5, 0.6) is 0 Å². The summed E-state index contributed by atoms with van der Waals surface area (Å²) >= 11 is 1.50. The molecule has 0 spiro atoms. The smallest absolute Gasteiger partial charge is 0.193 e. The predicted octanol–water partition coefficient (Wildman–Crippen LogP) is 5.16. The molecule has 0 heterocycles. The molecule has 0 radical (unpaired) electrons. The molecule has 142 valence electrons. The van der Waals surface area contributed by atoms with Crippen molar-refractivity contribution in [1.82, 2.24) is 0 Å². The average molecular weight is 394 g/mol. The van der Waals surface area contributed by atoms with Gasteiger partial charge < -0.3 is 5.11 Å². The first-order chi connectivity index (χ1) is 13.2. The summed E-state index contributed by atoms with van der Waals surface area (Å²) in [6.07, 6.45) is 0. The van der Waals surface area contributed by atoms with Crippen molar-refractivity contribution in [3.05, 3.63) is 95.3 Å². The lowest BCUT2D eigenvalue weighted by molar-refractivity contribution is 0.0488. The van der Waals surface area contributed by atoms with Gasteiger partial charge in [0.15, 0.2) is 11.6 Å². The zero-order valence-corrected chi connectivity index (χ0v) is 16.3. The van der Waals surface area contributed by atoms with Crippen LogP contribution < -0.4 is 0 Å². The minimum Gasteiger partial charge on any atom is -0.382 e. The van der Waals surface area contributed by atoms with Gasteiger partial charge in [-0.2, -0.15) is 0 Å². The molecule has 0 bridgehead atoms. The van der Waals surface area contributed by atoms with Crippen molar-refractivity contribution in [2.24, 2.45) is 0 Å². The number of carbonyl (C=O) groups excluding carboxylic acids is 2. The number of hydrogen-bond acceptors (Lipinski definition) is 4. The Morgan fingerprint density at radius 2 is 1.14 bits per heavy atom. The number of halogens is 1. The summed E-state index contributed by atoms with van der Waals surface area (Å²) in [5, 5.41) is 9.81. The van der Waals surface area contributed by atoms with Crippen LogP contribution in [0.2, 0.25) is 0 Å². The Bertz CT molecular complexity index is 986. The van der Waals surface area contributed by atoms with E-state index in [4.69, 9.17) is 0 Å². The second-order valence-corrected chi connectivity index (χ2v) is 8.02. The highest BCUT2D eigenvalue weighted by Crippen LogP contribution is 2.29. The molecule has 0 amide bonds. The number of aliphatic hydroxyl groups is 1. The van der Waals surface area contributed by atoms with Gasteiger partial charge in [0.1, 0.15) is 11.4 Å². The van der Waals surface area contributed by atoms with Gasteiger partial charge >= 0.3 is 0 Å². The standard InChI is InChI=1S/C23H19FO3S/c1-23(2,27)22(26)17-7-13-20(14-8-17)28-19-11-5-16(6-12-19)21(25)15-3-9-18(24)10-4-15/h3-14,27H,1-2H3. The fraction of sp³-hybridized carbons (Fsp3) is 0.130. The van der Waals surface area contributed by atoms with Crippen LogP contribution in [0.15, 0.2) is 82.6 Å². The fourth-order valence-corrected chi connectivity index (χ4v) is 3.42. The molecule has 28 heavy (non-hydrogen) atoms. The van der Waals surface area contributed by atoms with E-state index in [9.17, 15) is 19.1 Å². The second-order valence-electron chi connectivity index (χ2n) is 6.87. The summed E-state index contributed by atoms with van der Waals surface area (Å²) in [6.45, 7) is 2.93. The molecule has 0 saturated heterocycles. The monoisotopic (exact) mass is 394 g/mol. The molecular weight excluding hydrogens is 375 g/mol. The largest absolute Gasteiger partial charge is 0.382 e. The van der Waals surface area contributed by atoms with Crippen molar-refractivity contribution < 1.29 is 19.1 Å². The van der Waals surface area contributed by atoms with Gasteiger partial charge in [0.05, 0.1) is 0 Å². The molecule has 0 atom stereocenters. The summed E-state index contributed by atoms with van der Waals surface area (Å²) in [7, 11) is 0. The van der Waals surface area contributed by atoms with Crippen molar-refractivity contribution in [3.8, 4) is 0 Å². The third kappa shape index (κ3) is 4.74. The highest BCUT2D eigenvalue weighted by molar-refractivity contribution is 7.99. The van der Waals surface area contributed by atoms with E-state index >= 15 is 0 Å². The normalized spacial score (nSPS) is 11.3. The summed E-state index contributed by atoms with van der Waals surface area (Å²) in [6, 6.07) is 19.7. The average Bonchev–Trinajstić information content (AvgIpc) is 2.68. The van der Waals surface area contributed by atoms with E-state index < -0.39 is 5.60 Å². The molecule has 3 aromatic carbocycles. The van der Waals surface area contributed by atoms with E-state index in [-0.39, 0.29) is 17.4 Å². The van der Waals surface area contributed by atoms with Gasteiger partial charge in [-0.1, -0.05) is 23.9 Å². The quantitative estimate of drug-likeness (QED) is 0.587. The van der Waals surface area contributed by atoms with E-state index in [1.807, 2.05) is 24.3 Å². The van der Waals surface area contributed by atoms with Gasteiger partial charge in [-0.25, -0.2) is 4.39 Å². The lowest BCUT2D eigenvalue weighted by Crippen LogP contribution is -2.30. The van der Waals surface area contributed by atoms with Crippen molar-refractivity contribution in [1.29, 1.82) is 0 Å². The molecule has 3 rings (SSSR count). The highest BCUT2D eigenvalue weighted by atomic mass is 32.2. The summed E-state index contributed by atoms with van der Waals surface area (Å²) < 4.78 is 13.0. The van der Waals surface area contributed by atoms with Gasteiger partial charge in [-0.05, 0) is 74.5 Å². The Kier molecular flexibility index (Phi) is 5.77. The maximum atomic E-state index is 13.0. The molecule has 0 aromatic heterocycles. The number of benzene rings is 3. The second kappa shape index (κ2) is 8.09. The first-order valence-electron chi connectivity index (χ1n) is 8.69. The van der Waals surface area contributed by atoms with Crippen LogP contribution in [0, 0.1) is 5.82 Å². The number of Topliss-reactive ketones (excluding diaryl/α,β-unsaturated/α-hetero) is 1. The Hall–Kier alpha value is -2.76. The molecular formula is C23H19FO3S. The SMILES string of the molecule is CC(C)(O)C(=O)c1ccc(Sc2ccc(C(=O)c3ccc(F)cc3)cc2)cc1. The van der Waals surface area contributed by atoms with Crippen LogP contribution in [0.4, 0.5) is 4.39 Å².